The van der Waals surface area contributed by atoms with Gasteiger partial charge in [-0.25, -0.2) is 4.98 Å². The molecule has 2 saturated heterocycles. The summed E-state index contributed by atoms with van der Waals surface area (Å²) in [6.07, 6.45) is 7.34. The maximum Gasteiger partial charge on any atom is 0.191 e. The Kier molecular flexibility index (Phi) is 6.49. The van der Waals surface area contributed by atoms with Crippen LogP contribution in [0.1, 0.15) is 49.7 Å². The third kappa shape index (κ3) is 4.93. The summed E-state index contributed by atoms with van der Waals surface area (Å²) in [4.78, 5) is 14.2. The molecule has 2 aliphatic heterocycles. The lowest BCUT2D eigenvalue weighted by molar-refractivity contribution is 0.179. The molecule has 2 aliphatic rings. The molecule has 0 aromatic carbocycles. The van der Waals surface area contributed by atoms with E-state index < -0.39 is 0 Å². The van der Waals surface area contributed by atoms with E-state index in [2.05, 4.69) is 32.1 Å². The molecule has 1 aromatic rings. The fourth-order valence-corrected chi connectivity index (χ4v) is 4.32. The maximum absolute atomic E-state index is 6.17. The molecule has 0 atom stereocenters. The summed E-state index contributed by atoms with van der Waals surface area (Å²) in [7, 11) is 0. The van der Waals surface area contributed by atoms with E-state index in [1.807, 2.05) is 0 Å². The summed E-state index contributed by atoms with van der Waals surface area (Å²) in [6, 6.07) is 0. The van der Waals surface area contributed by atoms with Gasteiger partial charge >= 0.3 is 0 Å². The van der Waals surface area contributed by atoms with E-state index in [0.717, 1.165) is 51.6 Å². The number of aromatic nitrogens is 1. The highest BCUT2D eigenvalue weighted by Gasteiger charge is 2.20. The first-order valence-electron chi connectivity index (χ1n) is 9.45. The third-order valence-electron chi connectivity index (χ3n) is 5.19. The minimum absolute atomic E-state index is 0.686. The SMILES string of the molecule is CCc1nc(CN2CCC(CN=C(N)N3CCCCC3)CC2)cs1. The molecule has 0 aliphatic carbocycles. The number of guanidine groups is 1. The van der Waals surface area contributed by atoms with Crippen molar-refractivity contribution in [2.24, 2.45) is 16.6 Å². The van der Waals surface area contributed by atoms with Gasteiger partial charge in [0.05, 0.1) is 10.7 Å². The first kappa shape index (κ1) is 17.7. The number of hydrogen-bond acceptors (Lipinski definition) is 4. The first-order valence-corrected chi connectivity index (χ1v) is 10.3. The number of rotatable bonds is 5. The zero-order valence-electron chi connectivity index (χ0n) is 14.9. The number of thiazole rings is 1. The normalized spacial score (nSPS) is 21.4. The lowest BCUT2D eigenvalue weighted by Gasteiger charge is -2.31. The van der Waals surface area contributed by atoms with Crippen LogP contribution in [0.3, 0.4) is 0 Å². The largest absolute Gasteiger partial charge is 0.370 e. The number of aliphatic imine (C=N–C) groups is 1. The Hall–Kier alpha value is -1.14. The van der Waals surface area contributed by atoms with Crippen LogP contribution in [0.15, 0.2) is 10.4 Å². The second kappa shape index (κ2) is 8.81. The number of nitrogens with two attached hydrogens (primary N) is 1. The molecule has 2 fully saturated rings. The Morgan fingerprint density at radius 3 is 2.67 bits per heavy atom. The van der Waals surface area contributed by atoms with Gasteiger partial charge in [0.2, 0.25) is 0 Å². The number of piperidine rings is 2. The summed E-state index contributed by atoms with van der Waals surface area (Å²) in [5, 5.41) is 3.47. The Morgan fingerprint density at radius 2 is 2.00 bits per heavy atom. The fraction of sp³-hybridized carbons (Fsp3) is 0.778. The monoisotopic (exact) mass is 349 g/mol. The van der Waals surface area contributed by atoms with Gasteiger partial charge in [0.1, 0.15) is 0 Å². The molecule has 0 unspecified atom stereocenters. The highest BCUT2D eigenvalue weighted by molar-refractivity contribution is 7.09. The van der Waals surface area contributed by atoms with Gasteiger partial charge in [0, 0.05) is 31.6 Å². The summed E-state index contributed by atoms with van der Waals surface area (Å²) in [5.74, 6) is 1.46. The average molecular weight is 350 g/mol. The molecule has 134 valence electrons. The van der Waals surface area contributed by atoms with Gasteiger partial charge in [-0.05, 0) is 57.5 Å². The molecule has 5 nitrogen and oxygen atoms in total. The molecule has 0 radical (unpaired) electrons. The predicted molar refractivity (Wildman–Crippen MR) is 101 cm³/mol. The van der Waals surface area contributed by atoms with Crippen LogP contribution in [-0.4, -0.2) is 53.5 Å². The molecule has 6 heteroatoms. The Morgan fingerprint density at radius 1 is 1.25 bits per heavy atom. The molecule has 0 saturated carbocycles. The standard InChI is InChI=1S/C18H31N5S/c1-2-17-21-16(14-24-17)13-22-10-6-15(7-11-22)12-20-18(19)23-8-4-3-5-9-23/h14-15H,2-13H2,1H3,(H2,19,20). The summed E-state index contributed by atoms with van der Waals surface area (Å²) >= 11 is 1.79. The number of likely N-dealkylation sites (tertiary alicyclic amines) is 2. The second-order valence-corrected chi connectivity index (χ2v) is 7.99. The van der Waals surface area contributed by atoms with Gasteiger partial charge < -0.3 is 10.6 Å². The van der Waals surface area contributed by atoms with Gasteiger partial charge in [0.25, 0.3) is 0 Å². The Labute approximate surface area is 150 Å². The van der Waals surface area contributed by atoms with Gasteiger partial charge in [-0.3, -0.25) is 9.89 Å². The Balaban J connectivity index is 1.40. The highest BCUT2D eigenvalue weighted by Crippen LogP contribution is 2.20. The number of nitrogens with zero attached hydrogens (tertiary/aromatic N) is 4. The van der Waals surface area contributed by atoms with Crippen molar-refractivity contribution in [3.63, 3.8) is 0 Å². The molecule has 1 aromatic heterocycles. The number of aryl methyl sites for hydroxylation is 1. The van der Waals surface area contributed by atoms with Gasteiger partial charge in [0.15, 0.2) is 5.96 Å². The van der Waals surface area contributed by atoms with Crippen molar-refractivity contribution in [1.82, 2.24) is 14.8 Å². The van der Waals surface area contributed by atoms with Crippen molar-refractivity contribution < 1.29 is 0 Å². The number of hydrogen-bond donors (Lipinski definition) is 1. The molecule has 0 amide bonds. The summed E-state index contributed by atoms with van der Waals surface area (Å²) in [5.41, 5.74) is 7.41. The molecule has 24 heavy (non-hydrogen) atoms. The molecule has 3 rings (SSSR count). The molecular formula is C18H31N5S. The van der Waals surface area contributed by atoms with Crippen molar-refractivity contribution >= 4 is 17.3 Å². The van der Waals surface area contributed by atoms with Crippen LogP contribution < -0.4 is 5.73 Å². The van der Waals surface area contributed by atoms with E-state index in [-0.39, 0.29) is 0 Å². The van der Waals surface area contributed by atoms with Crippen LogP contribution in [0.25, 0.3) is 0 Å². The van der Waals surface area contributed by atoms with Crippen molar-refractivity contribution in [3.05, 3.63) is 16.1 Å². The van der Waals surface area contributed by atoms with Crippen molar-refractivity contribution in [3.8, 4) is 0 Å². The molecule has 0 spiro atoms. The van der Waals surface area contributed by atoms with E-state index in [0.29, 0.717) is 5.92 Å². The molecule has 2 N–H and O–H groups in total. The quantitative estimate of drug-likeness (QED) is 0.656. The minimum atomic E-state index is 0.686. The molecule has 0 bridgehead atoms. The predicted octanol–water partition coefficient (Wildman–Crippen LogP) is 2.72. The maximum atomic E-state index is 6.17. The Bertz CT molecular complexity index is 527. The smallest absolute Gasteiger partial charge is 0.191 e. The van der Waals surface area contributed by atoms with E-state index in [9.17, 15) is 0 Å². The average Bonchev–Trinajstić information content (AvgIpc) is 3.09. The van der Waals surface area contributed by atoms with E-state index in [1.54, 1.807) is 11.3 Å². The zero-order chi connectivity index (χ0) is 16.8. The van der Waals surface area contributed by atoms with Crippen LogP contribution in [-0.2, 0) is 13.0 Å². The molecule has 3 heterocycles. The van der Waals surface area contributed by atoms with Gasteiger partial charge in [-0.1, -0.05) is 6.92 Å². The topological polar surface area (TPSA) is 57.8 Å². The fourth-order valence-electron chi connectivity index (χ4n) is 3.59. The van der Waals surface area contributed by atoms with E-state index in [4.69, 9.17) is 5.73 Å². The van der Waals surface area contributed by atoms with Crippen LogP contribution in [0, 0.1) is 5.92 Å². The minimum Gasteiger partial charge on any atom is -0.370 e. The second-order valence-electron chi connectivity index (χ2n) is 7.05. The summed E-state index contributed by atoms with van der Waals surface area (Å²) in [6.45, 7) is 8.55. The van der Waals surface area contributed by atoms with Crippen molar-refractivity contribution in [1.29, 1.82) is 0 Å². The van der Waals surface area contributed by atoms with Crippen molar-refractivity contribution in [2.75, 3.05) is 32.7 Å². The van der Waals surface area contributed by atoms with Crippen molar-refractivity contribution in [2.45, 2.75) is 52.0 Å². The van der Waals surface area contributed by atoms with Gasteiger partial charge in [-0.15, -0.1) is 11.3 Å². The zero-order valence-corrected chi connectivity index (χ0v) is 15.7. The van der Waals surface area contributed by atoms with E-state index in [1.165, 1.54) is 42.8 Å². The lowest BCUT2D eigenvalue weighted by atomic mass is 9.97. The third-order valence-corrected chi connectivity index (χ3v) is 6.23. The first-order chi connectivity index (χ1) is 11.7. The van der Waals surface area contributed by atoms with Crippen LogP contribution in [0.2, 0.25) is 0 Å². The highest BCUT2D eigenvalue weighted by atomic mass is 32.1. The van der Waals surface area contributed by atoms with E-state index >= 15 is 0 Å². The van der Waals surface area contributed by atoms with Crippen LogP contribution in [0.4, 0.5) is 0 Å². The van der Waals surface area contributed by atoms with Crippen LogP contribution >= 0.6 is 11.3 Å². The summed E-state index contributed by atoms with van der Waals surface area (Å²) < 4.78 is 0. The van der Waals surface area contributed by atoms with Crippen LogP contribution in [0.5, 0.6) is 0 Å². The lowest BCUT2D eigenvalue weighted by Crippen LogP contribution is -2.41. The molecular weight excluding hydrogens is 318 g/mol. The van der Waals surface area contributed by atoms with Gasteiger partial charge in [-0.2, -0.15) is 0 Å².